The maximum Gasteiger partial charge on any atom is 0.244 e. The number of aryl methyl sites for hydroxylation is 2. The van der Waals surface area contributed by atoms with Crippen LogP contribution in [0.5, 0.6) is 0 Å². The fourth-order valence-electron chi connectivity index (χ4n) is 2.86. The predicted molar refractivity (Wildman–Crippen MR) is 83.1 cm³/mol. The number of rotatable bonds is 3. The molecule has 1 aromatic carbocycles. The van der Waals surface area contributed by atoms with E-state index >= 15 is 0 Å². The molecule has 110 valence electrons. The van der Waals surface area contributed by atoms with Gasteiger partial charge in [0.1, 0.15) is 6.54 Å². The lowest BCUT2D eigenvalue weighted by Crippen LogP contribution is -2.21. The third kappa shape index (κ3) is 2.77. The van der Waals surface area contributed by atoms with Crippen molar-refractivity contribution in [3.8, 4) is 0 Å². The molecular formula is C16H20N4O. The molecule has 0 saturated carbocycles. The van der Waals surface area contributed by atoms with Crippen molar-refractivity contribution in [2.24, 2.45) is 0 Å². The highest BCUT2D eigenvalue weighted by molar-refractivity contribution is 5.94. The van der Waals surface area contributed by atoms with E-state index in [9.17, 15) is 4.79 Å². The summed E-state index contributed by atoms with van der Waals surface area (Å²) >= 11 is 0. The molecule has 2 aromatic rings. The lowest BCUT2D eigenvalue weighted by Gasteiger charge is -2.15. The first-order chi connectivity index (χ1) is 10.1. The van der Waals surface area contributed by atoms with Crippen molar-refractivity contribution in [3.05, 3.63) is 41.5 Å². The minimum atomic E-state index is -0.0678. The van der Waals surface area contributed by atoms with Crippen LogP contribution in [0.25, 0.3) is 0 Å². The van der Waals surface area contributed by atoms with Crippen LogP contribution in [0.2, 0.25) is 0 Å². The maximum atomic E-state index is 12.3. The highest BCUT2D eigenvalue weighted by Gasteiger charge is 2.17. The summed E-state index contributed by atoms with van der Waals surface area (Å²) in [7, 11) is 0. The number of hydrogen-bond donors (Lipinski definition) is 2. The molecule has 1 heterocycles. The van der Waals surface area contributed by atoms with E-state index in [0.717, 1.165) is 24.1 Å². The van der Waals surface area contributed by atoms with Gasteiger partial charge in [-0.15, -0.1) is 0 Å². The minimum absolute atomic E-state index is 0.0678. The quantitative estimate of drug-likeness (QED) is 0.849. The van der Waals surface area contributed by atoms with Crippen LogP contribution in [0.1, 0.15) is 29.8 Å². The number of nitrogens with one attached hydrogen (secondary N) is 1. The van der Waals surface area contributed by atoms with E-state index < -0.39 is 0 Å². The smallest absolute Gasteiger partial charge is 0.244 e. The van der Waals surface area contributed by atoms with Gasteiger partial charge in [0.15, 0.2) is 0 Å². The van der Waals surface area contributed by atoms with Gasteiger partial charge in [-0.1, -0.05) is 12.1 Å². The van der Waals surface area contributed by atoms with Gasteiger partial charge in [-0.25, -0.2) is 4.98 Å². The van der Waals surface area contributed by atoms with E-state index in [2.05, 4.69) is 10.3 Å². The number of nitrogen functional groups attached to an aromatic ring is 1. The molecule has 0 bridgehead atoms. The third-order valence-electron chi connectivity index (χ3n) is 3.99. The number of carbonyl (C=O) groups is 1. The molecule has 0 aliphatic heterocycles. The van der Waals surface area contributed by atoms with Gasteiger partial charge in [0.05, 0.1) is 23.4 Å². The molecular weight excluding hydrogens is 264 g/mol. The van der Waals surface area contributed by atoms with Crippen molar-refractivity contribution < 1.29 is 4.79 Å². The molecule has 0 spiro atoms. The van der Waals surface area contributed by atoms with E-state index in [1.165, 1.54) is 18.5 Å². The Balaban J connectivity index is 1.74. The van der Waals surface area contributed by atoms with Crippen molar-refractivity contribution >= 4 is 17.3 Å². The first-order valence-corrected chi connectivity index (χ1v) is 7.33. The van der Waals surface area contributed by atoms with Crippen LogP contribution >= 0.6 is 0 Å². The monoisotopic (exact) mass is 284 g/mol. The average Bonchev–Trinajstić information content (AvgIpc) is 2.87. The van der Waals surface area contributed by atoms with Crippen LogP contribution in [-0.2, 0) is 24.2 Å². The fourth-order valence-corrected chi connectivity index (χ4v) is 2.86. The number of aromatic nitrogens is 2. The van der Waals surface area contributed by atoms with Crippen molar-refractivity contribution in [2.45, 2.75) is 39.2 Å². The molecule has 3 rings (SSSR count). The Morgan fingerprint density at radius 2 is 2.19 bits per heavy atom. The zero-order chi connectivity index (χ0) is 14.8. The van der Waals surface area contributed by atoms with E-state index in [0.29, 0.717) is 11.4 Å². The van der Waals surface area contributed by atoms with Gasteiger partial charge < -0.3 is 15.6 Å². The number of fused-ring (bicyclic) bond motifs is 1. The van der Waals surface area contributed by atoms with Crippen LogP contribution < -0.4 is 11.1 Å². The molecule has 1 aliphatic rings. The number of hydrogen-bond acceptors (Lipinski definition) is 3. The van der Waals surface area contributed by atoms with E-state index in [4.69, 9.17) is 5.73 Å². The first kappa shape index (κ1) is 13.7. The van der Waals surface area contributed by atoms with Gasteiger partial charge in [-0.2, -0.15) is 0 Å². The Hall–Kier alpha value is -2.30. The second-order valence-electron chi connectivity index (χ2n) is 5.56. The molecule has 0 atom stereocenters. The van der Waals surface area contributed by atoms with E-state index in [1.54, 1.807) is 12.4 Å². The molecule has 5 nitrogen and oxygen atoms in total. The Labute approximate surface area is 124 Å². The lowest BCUT2D eigenvalue weighted by atomic mass is 10.0. The summed E-state index contributed by atoms with van der Waals surface area (Å²) in [4.78, 5) is 16.7. The number of imidazole rings is 1. The number of para-hydroxylation sites is 1. The second-order valence-corrected chi connectivity index (χ2v) is 5.56. The molecule has 3 N–H and O–H groups in total. The Morgan fingerprint density at radius 1 is 1.38 bits per heavy atom. The molecule has 21 heavy (non-hydrogen) atoms. The molecule has 0 radical (unpaired) electrons. The summed E-state index contributed by atoms with van der Waals surface area (Å²) in [6, 6.07) is 5.61. The summed E-state index contributed by atoms with van der Waals surface area (Å²) in [5.41, 5.74) is 10.5. The highest BCUT2D eigenvalue weighted by atomic mass is 16.1. The summed E-state index contributed by atoms with van der Waals surface area (Å²) in [6.07, 6.45) is 6.17. The second kappa shape index (κ2) is 5.60. The average molecular weight is 284 g/mol. The normalized spacial score (nSPS) is 13.8. The SMILES string of the molecule is Cc1cccc(N)c1NC(=O)Cn1cnc2c1CCCC2. The number of nitrogens with two attached hydrogens (primary N) is 1. The van der Waals surface area contributed by atoms with Crippen molar-refractivity contribution in [1.29, 1.82) is 0 Å². The van der Waals surface area contributed by atoms with Crippen molar-refractivity contribution in [3.63, 3.8) is 0 Å². The van der Waals surface area contributed by atoms with Gasteiger partial charge >= 0.3 is 0 Å². The summed E-state index contributed by atoms with van der Waals surface area (Å²) in [5, 5.41) is 2.91. The molecule has 0 fully saturated rings. The summed E-state index contributed by atoms with van der Waals surface area (Å²) in [6.45, 7) is 2.22. The molecule has 0 saturated heterocycles. The highest BCUT2D eigenvalue weighted by Crippen LogP contribution is 2.23. The van der Waals surface area contributed by atoms with Crippen molar-refractivity contribution in [2.75, 3.05) is 11.1 Å². The Morgan fingerprint density at radius 3 is 3.00 bits per heavy atom. The van der Waals surface area contributed by atoms with Crippen LogP contribution in [0.3, 0.4) is 0 Å². The Kier molecular flexibility index (Phi) is 3.64. The minimum Gasteiger partial charge on any atom is -0.397 e. The topological polar surface area (TPSA) is 72.9 Å². The van der Waals surface area contributed by atoms with Gasteiger partial charge in [-0.05, 0) is 44.2 Å². The number of carbonyl (C=O) groups excluding carboxylic acids is 1. The standard InChI is InChI=1S/C16H20N4O/c1-11-5-4-6-12(17)16(11)19-15(21)9-20-10-18-13-7-2-3-8-14(13)20/h4-6,10H,2-3,7-9,17H2,1H3,(H,19,21). The zero-order valence-electron chi connectivity index (χ0n) is 12.2. The number of amides is 1. The van der Waals surface area contributed by atoms with Gasteiger partial charge in [0.2, 0.25) is 5.91 Å². The van der Waals surface area contributed by atoms with E-state index in [-0.39, 0.29) is 12.5 Å². The number of nitrogens with zero attached hydrogens (tertiary/aromatic N) is 2. The number of anilines is 2. The lowest BCUT2D eigenvalue weighted by molar-refractivity contribution is -0.116. The largest absolute Gasteiger partial charge is 0.397 e. The molecule has 0 unspecified atom stereocenters. The van der Waals surface area contributed by atoms with Crippen molar-refractivity contribution in [1.82, 2.24) is 9.55 Å². The van der Waals surface area contributed by atoms with Crippen LogP contribution in [-0.4, -0.2) is 15.5 Å². The van der Waals surface area contributed by atoms with Gasteiger partial charge in [0, 0.05) is 5.69 Å². The van der Waals surface area contributed by atoms with Gasteiger partial charge in [0.25, 0.3) is 0 Å². The summed E-state index contributed by atoms with van der Waals surface area (Å²) in [5.74, 6) is -0.0678. The number of benzene rings is 1. The third-order valence-corrected chi connectivity index (χ3v) is 3.99. The van der Waals surface area contributed by atoms with Gasteiger partial charge in [-0.3, -0.25) is 4.79 Å². The predicted octanol–water partition coefficient (Wildman–Crippen LogP) is 2.29. The van der Waals surface area contributed by atoms with Crippen LogP contribution in [0.4, 0.5) is 11.4 Å². The van der Waals surface area contributed by atoms with Crippen LogP contribution in [0, 0.1) is 6.92 Å². The maximum absolute atomic E-state index is 12.3. The fraction of sp³-hybridized carbons (Fsp3) is 0.375. The van der Waals surface area contributed by atoms with E-state index in [1.807, 2.05) is 23.6 Å². The molecule has 1 aliphatic carbocycles. The molecule has 1 amide bonds. The van der Waals surface area contributed by atoms with Crippen LogP contribution in [0.15, 0.2) is 24.5 Å². The summed E-state index contributed by atoms with van der Waals surface area (Å²) < 4.78 is 1.96. The molecule has 5 heteroatoms. The first-order valence-electron chi connectivity index (χ1n) is 7.33. The zero-order valence-corrected chi connectivity index (χ0v) is 12.2. The Bertz CT molecular complexity index is 655. The molecule has 1 aromatic heterocycles.